The molecule has 1 aromatic heterocycles. The van der Waals surface area contributed by atoms with Crippen LogP contribution in [0.4, 0.5) is 9.93 Å². The molecular formula is C26H36ClN5O13S3. The van der Waals surface area contributed by atoms with Gasteiger partial charge in [-0.3, -0.25) is 28.9 Å². The van der Waals surface area contributed by atoms with Gasteiger partial charge in [0.05, 0.1) is 17.9 Å². The number of anilines is 1. The Balaban J connectivity index is 0.00000800. The van der Waals surface area contributed by atoms with Crippen molar-refractivity contribution in [3.63, 3.8) is 0 Å². The monoisotopic (exact) mass is 757 g/mol. The summed E-state index contributed by atoms with van der Waals surface area (Å²) < 4.78 is 52.8. The van der Waals surface area contributed by atoms with Gasteiger partial charge in [0, 0.05) is 11.1 Å². The normalized spacial score (nSPS) is 18.8. The van der Waals surface area contributed by atoms with Gasteiger partial charge >= 0.3 is 24.1 Å². The van der Waals surface area contributed by atoms with E-state index in [2.05, 4.69) is 15.0 Å². The first-order valence-electron chi connectivity index (χ1n) is 13.6. The molecule has 2 amide bonds. The van der Waals surface area contributed by atoms with Crippen molar-refractivity contribution in [2.75, 3.05) is 31.1 Å². The molecule has 3 atom stereocenters. The summed E-state index contributed by atoms with van der Waals surface area (Å²) in [6, 6.07) is -1.35. The Bertz CT molecular complexity index is 1590. The Kier molecular flexibility index (Phi) is 12.9. The minimum absolute atomic E-state index is 0. The molecule has 1 fully saturated rings. The van der Waals surface area contributed by atoms with Crippen LogP contribution in [-0.2, 0) is 63.4 Å². The van der Waals surface area contributed by atoms with E-state index >= 15 is 0 Å². The standard InChI is InChI=1S/C26H35N5O13S3.ClH/c1-24(2,3)20(35)41-12-42-23(37)43-14-8-9-45-18-16(17(33)31(14)18)29-19(34)26(13-10-46-22(27)28-13,44-21(36)25(4,5)6)30-47(38,39)11-15(32)40-7;/h8,10,16,18,30H,9,11-12H2,1-7H3,(H2,27,28)(H,29,34);1H/t16-,18+,26?;/m1./s1. The third-order valence-corrected chi connectivity index (χ3v) is 9.23. The molecule has 2 aliphatic heterocycles. The smallest absolute Gasteiger partial charge is 0.468 e. The van der Waals surface area contributed by atoms with Crippen molar-refractivity contribution in [1.82, 2.24) is 19.9 Å². The molecule has 0 radical (unpaired) electrons. The zero-order valence-corrected chi connectivity index (χ0v) is 30.1. The number of carbonyl (C=O) groups excluding carboxylic acids is 6. The van der Waals surface area contributed by atoms with E-state index in [1.807, 2.05) is 4.72 Å². The maximum absolute atomic E-state index is 14.0. The fraction of sp³-hybridized carbons (Fsp3) is 0.577. The van der Waals surface area contributed by atoms with Gasteiger partial charge in [0.25, 0.3) is 17.5 Å². The Hall–Kier alpha value is -3.66. The van der Waals surface area contributed by atoms with Gasteiger partial charge in [0.15, 0.2) is 10.9 Å². The third-order valence-electron chi connectivity index (χ3n) is 6.15. The van der Waals surface area contributed by atoms with Gasteiger partial charge in [-0.15, -0.1) is 35.5 Å². The first-order valence-corrected chi connectivity index (χ1v) is 17.2. The number of fused-ring (bicyclic) bond motifs is 1. The van der Waals surface area contributed by atoms with Crippen LogP contribution in [0.3, 0.4) is 0 Å². The summed E-state index contributed by atoms with van der Waals surface area (Å²) in [4.78, 5) is 81.4. The molecule has 268 valence electrons. The third kappa shape index (κ3) is 9.49. The molecule has 48 heavy (non-hydrogen) atoms. The number of nitrogens with zero attached hydrogens (tertiary/aromatic N) is 2. The molecule has 22 heteroatoms. The van der Waals surface area contributed by atoms with Gasteiger partial charge < -0.3 is 34.7 Å². The molecule has 1 unspecified atom stereocenters. The zero-order chi connectivity index (χ0) is 35.5. The number of sulfonamides is 1. The summed E-state index contributed by atoms with van der Waals surface area (Å²) in [6.07, 6.45) is 0.117. The minimum Gasteiger partial charge on any atom is -0.468 e. The summed E-state index contributed by atoms with van der Waals surface area (Å²) in [5.74, 6) is -6.32. The number of ether oxygens (including phenoxy) is 5. The van der Waals surface area contributed by atoms with Gasteiger partial charge in [-0.2, -0.15) is 4.72 Å². The van der Waals surface area contributed by atoms with Crippen LogP contribution < -0.4 is 15.8 Å². The van der Waals surface area contributed by atoms with Crippen LogP contribution in [0.2, 0.25) is 0 Å². The topological polar surface area (TPSA) is 249 Å². The fourth-order valence-electron chi connectivity index (χ4n) is 3.66. The van der Waals surface area contributed by atoms with Crippen molar-refractivity contribution in [1.29, 1.82) is 0 Å². The van der Waals surface area contributed by atoms with Crippen molar-refractivity contribution in [2.45, 2.75) is 58.7 Å². The molecule has 4 N–H and O–H groups in total. The number of nitrogen functional groups attached to an aromatic ring is 1. The number of halogens is 1. The highest BCUT2D eigenvalue weighted by atomic mass is 35.5. The van der Waals surface area contributed by atoms with Gasteiger partial charge in [-0.1, -0.05) is 0 Å². The molecule has 18 nitrogen and oxygen atoms in total. The second kappa shape index (κ2) is 15.3. The van der Waals surface area contributed by atoms with Crippen molar-refractivity contribution >= 4 is 86.5 Å². The second-order valence-corrected chi connectivity index (χ2v) is 15.8. The van der Waals surface area contributed by atoms with Crippen LogP contribution in [0.1, 0.15) is 47.2 Å². The van der Waals surface area contributed by atoms with Crippen molar-refractivity contribution in [3.8, 4) is 0 Å². The van der Waals surface area contributed by atoms with Crippen LogP contribution in [0.25, 0.3) is 0 Å². The number of carbonyl (C=O) groups is 6. The molecule has 0 bridgehead atoms. The molecule has 3 rings (SSSR count). The zero-order valence-electron chi connectivity index (χ0n) is 26.8. The first kappa shape index (κ1) is 40.5. The molecule has 1 aromatic rings. The summed E-state index contributed by atoms with van der Waals surface area (Å²) in [5.41, 5.74) is 0.248. The first-order chi connectivity index (χ1) is 21.6. The van der Waals surface area contributed by atoms with E-state index in [9.17, 15) is 37.2 Å². The van der Waals surface area contributed by atoms with E-state index in [0.717, 1.165) is 40.5 Å². The number of thioether (sulfide) groups is 1. The highest BCUT2D eigenvalue weighted by Gasteiger charge is 2.57. The maximum Gasteiger partial charge on any atom is 0.518 e. The van der Waals surface area contributed by atoms with E-state index in [0.29, 0.717) is 0 Å². The van der Waals surface area contributed by atoms with Gasteiger partial charge in [-0.05, 0) is 47.6 Å². The number of aromatic nitrogens is 1. The maximum atomic E-state index is 14.0. The molecule has 2 aliphatic rings. The van der Waals surface area contributed by atoms with Gasteiger partial charge in [0.1, 0.15) is 17.1 Å². The number of thiazole rings is 1. The minimum atomic E-state index is -4.78. The molecule has 0 spiro atoms. The van der Waals surface area contributed by atoms with Crippen molar-refractivity contribution in [2.24, 2.45) is 10.8 Å². The highest BCUT2D eigenvalue weighted by Crippen LogP contribution is 2.39. The number of amides is 2. The summed E-state index contributed by atoms with van der Waals surface area (Å²) in [5, 5.41) is 2.55. The van der Waals surface area contributed by atoms with Crippen molar-refractivity contribution < 1.29 is 60.9 Å². The van der Waals surface area contributed by atoms with Crippen LogP contribution in [0.15, 0.2) is 17.3 Å². The number of β-lactam (4-membered cyclic amide) rings is 1. The molecule has 0 aliphatic carbocycles. The quantitative estimate of drug-likeness (QED) is 0.123. The molecule has 0 saturated carbocycles. The van der Waals surface area contributed by atoms with E-state index in [4.69, 9.17) is 24.7 Å². The molecule has 1 saturated heterocycles. The fourth-order valence-corrected chi connectivity index (χ4v) is 6.61. The van der Waals surface area contributed by atoms with E-state index in [1.54, 1.807) is 20.8 Å². The largest absolute Gasteiger partial charge is 0.518 e. The Morgan fingerprint density at radius 3 is 2.23 bits per heavy atom. The number of nitrogens with two attached hydrogens (primary N) is 1. The Labute approximate surface area is 290 Å². The number of hydrogen-bond donors (Lipinski definition) is 3. The van der Waals surface area contributed by atoms with E-state index in [-0.39, 0.29) is 29.2 Å². The molecule has 0 aromatic carbocycles. The average molecular weight is 758 g/mol. The summed E-state index contributed by atoms with van der Waals surface area (Å²) in [7, 11) is -3.84. The number of nitrogens with one attached hydrogen (secondary N) is 2. The van der Waals surface area contributed by atoms with Gasteiger partial charge in [-0.25, -0.2) is 18.2 Å². The number of esters is 3. The predicted octanol–water partition coefficient (Wildman–Crippen LogP) is 0.923. The van der Waals surface area contributed by atoms with Crippen LogP contribution >= 0.6 is 35.5 Å². The second-order valence-electron chi connectivity index (χ2n) is 12.1. The lowest BCUT2D eigenvalue weighted by molar-refractivity contribution is -0.181. The number of rotatable bonds is 11. The molecular weight excluding hydrogens is 722 g/mol. The SMILES string of the molecule is COC(=O)CS(=O)(=O)NC(OC(=O)C(C)(C)C)(C(=O)N[C@@H]1C(=O)N2C(OC(=O)OCOC(=O)C(C)(C)C)=CCS[C@@H]12)c1csc(N)n1.Cl. The van der Waals surface area contributed by atoms with E-state index < -0.39 is 92.1 Å². The number of hydrogen-bond acceptors (Lipinski definition) is 17. The Morgan fingerprint density at radius 1 is 1.06 bits per heavy atom. The van der Waals surface area contributed by atoms with Gasteiger partial charge in [0.2, 0.25) is 22.7 Å². The average Bonchev–Trinajstić information content (AvgIpc) is 3.40. The van der Waals surface area contributed by atoms with Crippen molar-refractivity contribution in [3.05, 3.63) is 23.0 Å². The summed E-state index contributed by atoms with van der Waals surface area (Å²) in [6.45, 7) is 8.39. The van der Waals surface area contributed by atoms with Crippen LogP contribution in [0.5, 0.6) is 0 Å². The van der Waals surface area contributed by atoms with Crippen LogP contribution in [-0.4, -0.2) is 91.0 Å². The molecule has 3 heterocycles. The lowest BCUT2D eigenvalue weighted by Gasteiger charge is -2.48. The lowest BCUT2D eigenvalue weighted by Crippen LogP contribution is -2.72. The Morgan fingerprint density at radius 2 is 1.69 bits per heavy atom. The highest BCUT2D eigenvalue weighted by molar-refractivity contribution is 8.00. The predicted molar refractivity (Wildman–Crippen MR) is 171 cm³/mol. The van der Waals surface area contributed by atoms with E-state index in [1.165, 1.54) is 26.8 Å². The number of methoxy groups -OCH3 is 1. The summed E-state index contributed by atoms with van der Waals surface area (Å²) >= 11 is 1.94. The lowest BCUT2D eigenvalue weighted by atomic mass is 9.96. The van der Waals surface area contributed by atoms with Crippen LogP contribution in [0, 0.1) is 10.8 Å².